The number of hydrogen-bond acceptors (Lipinski definition) is 5. The van der Waals surface area contributed by atoms with Crippen molar-refractivity contribution in [1.82, 2.24) is 14.9 Å². The molecule has 2 aromatic rings. The zero-order chi connectivity index (χ0) is 21.7. The smallest absolute Gasteiger partial charge is 0.369 e. The van der Waals surface area contributed by atoms with Crippen molar-refractivity contribution in [3.63, 3.8) is 0 Å². The van der Waals surface area contributed by atoms with Crippen molar-refractivity contribution in [2.24, 2.45) is 0 Å². The second-order valence-corrected chi connectivity index (χ2v) is 6.81. The van der Waals surface area contributed by atoms with E-state index in [2.05, 4.69) is 15.3 Å². The van der Waals surface area contributed by atoms with E-state index in [1.54, 1.807) is 0 Å². The lowest BCUT2D eigenvalue weighted by atomic mass is 10.1. The van der Waals surface area contributed by atoms with E-state index < -0.39 is 29.7 Å². The Bertz CT molecular complexity index is 891. The fourth-order valence-electron chi connectivity index (χ4n) is 2.97. The highest BCUT2D eigenvalue weighted by Crippen LogP contribution is 2.29. The molecule has 0 radical (unpaired) electrons. The maximum atomic E-state index is 13.0. The Kier molecular flexibility index (Phi) is 6.88. The van der Waals surface area contributed by atoms with Crippen LogP contribution in [0.25, 0.3) is 0 Å². The molecule has 1 aliphatic rings. The molecule has 1 N–H and O–H groups in total. The fraction of sp³-hybridized carbons (Fsp3) is 0.316. The summed E-state index contributed by atoms with van der Waals surface area (Å²) >= 11 is 5.47. The van der Waals surface area contributed by atoms with Crippen molar-refractivity contribution >= 4 is 23.5 Å². The number of likely N-dealkylation sites (tertiary alicyclic amines) is 1. The molecule has 6 nitrogen and oxygen atoms in total. The summed E-state index contributed by atoms with van der Waals surface area (Å²) in [7, 11) is 0. The van der Waals surface area contributed by atoms with Crippen LogP contribution in [0.5, 0.6) is 0 Å². The predicted octanol–water partition coefficient (Wildman–Crippen LogP) is 3.60. The fourth-order valence-corrected chi connectivity index (χ4v) is 3.07. The lowest BCUT2D eigenvalue weighted by molar-refractivity contribution is -0.137. The van der Waals surface area contributed by atoms with E-state index in [-0.39, 0.29) is 31.6 Å². The van der Waals surface area contributed by atoms with E-state index in [4.69, 9.17) is 16.3 Å². The summed E-state index contributed by atoms with van der Waals surface area (Å²) in [5, 5.41) is 3.00. The summed E-state index contributed by atoms with van der Waals surface area (Å²) in [6, 6.07) is 4.22. The quantitative estimate of drug-likeness (QED) is 0.545. The van der Waals surface area contributed by atoms with E-state index in [1.807, 2.05) is 0 Å². The minimum atomic E-state index is -4.41. The summed E-state index contributed by atoms with van der Waals surface area (Å²) in [6.45, 7) is 0.511. The van der Waals surface area contributed by atoms with E-state index in [1.165, 1.54) is 23.1 Å². The third-order valence-corrected chi connectivity index (χ3v) is 4.59. The number of alkyl halides is 3. The first kappa shape index (κ1) is 22.0. The van der Waals surface area contributed by atoms with Gasteiger partial charge in [0.05, 0.1) is 36.7 Å². The maximum Gasteiger partial charge on any atom is 0.416 e. The number of halogens is 5. The Balaban J connectivity index is 1.68. The Hall–Kier alpha value is -2.72. The molecule has 30 heavy (non-hydrogen) atoms. The molecule has 0 bridgehead atoms. The molecular formula is C19H17ClF4N4O2. The average Bonchev–Trinajstić information content (AvgIpc) is 3.11. The molecule has 0 aliphatic carbocycles. The highest BCUT2D eigenvalue weighted by Gasteiger charge is 2.36. The number of amides is 1. The number of nitrogens with zero attached hydrogens (tertiary/aromatic N) is 3. The van der Waals surface area contributed by atoms with Crippen molar-refractivity contribution < 1.29 is 27.1 Å². The predicted molar refractivity (Wildman–Crippen MR) is 101 cm³/mol. The monoisotopic (exact) mass is 444 g/mol. The van der Waals surface area contributed by atoms with Gasteiger partial charge in [-0.1, -0.05) is 23.7 Å². The summed E-state index contributed by atoms with van der Waals surface area (Å²) in [5.74, 6) is -0.754. The first-order chi connectivity index (χ1) is 14.3. The highest BCUT2D eigenvalue weighted by molar-refractivity contribution is 6.26. The average molecular weight is 445 g/mol. The second kappa shape index (κ2) is 9.40. The molecule has 1 aliphatic heterocycles. The molecule has 160 valence electrons. The van der Waals surface area contributed by atoms with E-state index in [9.17, 15) is 22.4 Å². The molecule has 3 rings (SSSR count). The first-order valence-corrected chi connectivity index (χ1v) is 9.27. The van der Waals surface area contributed by atoms with Crippen LogP contribution < -0.4 is 5.32 Å². The van der Waals surface area contributed by atoms with Crippen LogP contribution in [0.1, 0.15) is 11.1 Å². The molecule has 0 saturated carbocycles. The molecule has 0 unspecified atom stereocenters. The largest absolute Gasteiger partial charge is 0.416 e. The first-order valence-electron chi connectivity index (χ1n) is 8.84. The van der Waals surface area contributed by atoms with Crippen LogP contribution in [-0.4, -0.2) is 46.0 Å². The van der Waals surface area contributed by atoms with Crippen molar-refractivity contribution in [3.8, 4) is 0 Å². The van der Waals surface area contributed by atoms with Crippen LogP contribution in [0.4, 0.5) is 23.5 Å². The molecule has 1 aromatic heterocycles. The zero-order valence-corrected chi connectivity index (χ0v) is 16.2. The standard InChI is InChI=1S/C19H17ClF4N4O2/c20-6-5-17(29)28-9-15(27-18-25-7-14(21)8-26-18)16(10-28)30-11-12-1-3-13(4-2-12)19(22,23)24/h1-8,15-16H,9-11H2,(H,25,26,27)/b6-5-/t15-,16-/m1/s1. The Morgan fingerprint density at radius 1 is 1.23 bits per heavy atom. The third kappa shape index (κ3) is 5.67. The number of rotatable bonds is 6. The lowest BCUT2D eigenvalue weighted by Crippen LogP contribution is -2.35. The van der Waals surface area contributed by atoms with Gasteiger partial charge < -0.3 is 15.0 Å². The van der Waals surface area contributed by atoms with Crippen molar-refractivity contribution in [2.75, 3.05) is 18.4 Å². The second-order valence-electron chi connectivity index (χ2n) is 6.56. The van der Waals surface area contributed by atoms with Gasteiger partial charge >= 0.3 is 6.18 Å². The summed E-state index contributed by atoms with van der Waals surface area (Å²) in [5.41, 5.74) is 0.902. The molecule has 1 saturated heterocycles. The molecule has 1 aromatic carbocycles. The highest BCUT2D eigenvalue weighted by atomic mass is 35.5. The molecule has 2 heterocycles. The topological polar surface area (TPSA) is 67.4 Å². The van der Waals surface area contributed by atoms with E-state index in [0.29, 0.717) is 5.56 Å². The van der Waals surface area contributed by atoms with Gasteiger partial charge in [-0.3, -0.25) is 4.79 Å². The number of carbonyl (C=O) groups is 1. The van der Waals surface area contributed by atoms with Gasteiger partial charge in [-0.15, -0.1) is 0 Å². The van der Waals surface area contributed by atoms with Gasteiger partial charge in [0.25, 0.3) is 0 Å². The number of nitrogens with one attached hydrogen (secondary N) is 1. The van der Waals surface area contributed by atoms with Gasteiger partial charge in [-0.05, 0) is 17.7 Å². The van der Waals surface area contributed by atoms with Gasteiger partial charge in [-0.25, -0.2) is 14.4 Å². The normalized spacial score (nSPS) is 19.4. The molecule has 1 amide bonds. The van der Waals surface area contributed by atoms with Crippen LogP contribution >= 0.6 is 11.6 Å². The Labute approximate surface area is 174 Å². The summed E-state index contributed by atoms with van der Waals surface area (Å²) < 4.78 is 56.9. The van der Waals surface area contributed by atoms with Crippen LogP contribution in [0.2, 0.25) is 0 Å². The minimum absolute atomic E-state index is 0.0403. The number of carbonyl (C=O) groups excluding carboxylic acids is 1. The number of ether oxygens (including phenoxy) is 1. The minimum Gasteiger partial charge on any atom is -0.369 e. The SMILES string of the molecule is O=C(/C=C\Cl)N1C[C@@H](Nc2ncc(F)cn2)[C@H](OCc2ccc(C(F)(F)F)cc2)C1. The lowest BCUT2D eigenvalue weighted by Gasteiger charge is -2.20. The van der Waals surface area contributed by atoms with Crippen LogP contribution in [0.3, 0.4) is 0 Å². The number of anilines is 1. The Morgan fingerprint density at radius 2 is 1.90 bits per heavy atom. The maximum absolute atomic E-state index is 13.0. The van der Waals surface area contributed by atoms with Gasteiger partial charge in [0.2, 0.25) is 11.9 Å². The van der Waals surface area contributed by atoms with Crippen molar-refractivity contribution in [2.45, 2.75) is 24.9 Å². The molecule has 0 spiro atoms. The van der Waals surface area contributed by atoms with Gasteiger partial charge in [0.15, 0.2) is 5.82 Å². The Morgan fingerprint density at radius 3 is 2.50 bits per heavy atom. The summed E-state index contributed by atoms with van der Waals surface area (Å²) in [4.78, 5) is 21.3. The molecule has 2 atom stereocenters. The van der Waals surface area contributed by atoms with Gasteiger partial charge in [0, 0.05) is 24.7 Å². The van der Waals surface area contributed by atoms with Crippen molar-refractivity contribution in [1.29, 1.82) is 0 Å². The van der Waals surface area contributed by atoms with E-state index >= 15 is 0 Å². The molecule has 1 fully saturated rings. The number of hydrogen-bond donors (Lipinski definition) is 1. The molecule has 11 heteroatoms. The molecular weight excluding hydrogens is 428 g/mol. The number of benzene rings is 1. The van der Waals surface area contributed by atoms with Crippen LogP contribution in [-0.2, 0) is 22.3 Å². The van der Waals surface area contributed by atoms with E-state index in [0.717, 1.165) is 30.1 Å². The van der Waals surface area contributed by atoms with Gasteiger partial charge in [-0.2, -0.15) is 13.2 Å². The zero-order valence-electron chi connectivity index (χ0n) is 15.4. The van der Waals surface area contributed by atoms with Crippen molar-refractivity contribution in [3.05, 3.63) is 65.2 Å². The van der Waals surface area contributed by atoms with Crippen LogP contribution in [0.15, 0.2) is 48.3 Å². The third-order valence-electron chi connectivity index (χ3n) is 4.46. The van der Waals surface area contributed by atoms with Gasteiger partial charge in [0.1, 0.15) is 0 Å². The van der Waals surface area contributed by atoms with Crippen LogP contribution in [0, 0.1) is 5.82 Å². The summed E-state index contributed by atoms with van der Waals surface area (Å²) in [6.07, 6.45) is -1.71. The number of aromatic nitrogens is 2.